The predicted octanol–water partition coefficient (Wildman–Crippen LogP) is 2.87. The van der Waals surface area contributed by atoms with E-state index in [4.69, 9.17) is 9.52 Å². The number of amides is 1. The van der Waals surface area contributed by atoms with Crippen LogP contribution in [0, 0.1) is 5.92 Å². The van der Waals surface area contributed by atoms with Gasteiger partial charge in [-0.15, -0.1) is 0 Å². The summed E-state index contributed by atoms with van der Waals surface area (Å²) in [5.74, 6) is 0.740. The first-order valence-electron chi connectivity index (χ1n) is 7.22. The summed E-state index contributed by atoms with van der Waals surface area (Å²) >= 11 is 0. The number of carbonyl (C=O) groups excluding carboxylic acids is 1. The molecule has 0 bridgehead atoms. The predicted molar refractivity (Wildman–Crippen MR) is 82.1 cm³/mol. The van der Waals surface area contributed by atoms with Crippen LogP contribution in [0.15, 0.2) is 40.8 Å². The van der Waals surface area contributed by atoms with Crippen LogP contribution in [0.5, 0.6) is 0 Å². The minimum Gasteiger partial charge on any atom is -0.451 e. The van der Waals surface area contributed by atoms with Crippen LogP contribution < -0.4 is 5.32 Å². The minimum absolute atomic E-state index is 0.0324. The number of rotatable bonds is 6. The number of furan rings is 1. The van der Waals surface area contributed by atoms with Crippen molar-refractivity contribution in [1.82, 2.24) is 5.32 Å². The summed E-state index contributed by atoms with van der Waals surface area (Å²) < 4.78 is 5.60. The van der Waals surface area contributed by atoms with Gasteiger partial charge in [0.1, 0.15) is 5.76 Å². The number of hydrogen-bond acceptors (Lipinski definition) is 3. The average molecular weight is 287 g/mol. The molecule has 112 valence electrons. The third-order valence-corrected chi connectivity index (χ3v) is 3.40. The van der Waals surface area contributed by atoms with E-state index >= 15 is 0 Å². The van der Waals surface area contributed by atoms with Crippen LogP contribution in [-0.2, 0) is 6.42 Å². The minimum atomic E-state index is -0.258. The Balaban J connectivity index is 2.04. The lowest BCUT2D eigenvalue weighted by Crippen LogP contribution is -2.29. The highest BCUT2D eigenvalue weighted by Gasteiger charge is 2.12. The lowest BCUT2D eigenvalue weighted by molar-refractivity contribution is 0.0915. The molecule has 0 radical (unpaired) electrons. The standard InChI is InChI=1S/C17H21NO3/c1-3-13-4-6-14(7-5-13)15-8-9-16(21-15)17(20)18-10-12(2)11-19/h4-9,12,19H,3,10-11H2,1-2H3,(H,18,20). The third-order valence-electron chi connectivity index (χ3n) is 3.40. The van der Waals surface area contributed by atoms with E-state index in [0.29, 0.717) is 12.3 Å². The average Bonchev–Trinajstić information content (AvgIpc) is 3.02. The second kappa shape index (κ2) is 7.09. The smallest absolute Gasteiger partial charge is 0.287 e. The second-order valence-corrected chi connectivity index (χ2v) is 5.21. The highest BCUT2D eigenvalue weighted by molar-refractivity contribution is 5.92. The molecular formula is C17H21NO3. The molecule has 1 aromatic heterocycles. The van der Waals surface area contributed by atoms with Gasteiger partial charge in [-0.05, 0) is 30.0 Å². The van der Waals surface area contributed by atoms with Crippen molar-refractivity contribution >= 4 is 5.91 Å². The van der Waals surface area contributed by atoms with Gasteiger partial charge in [0.2, 0.25) is 0 Å². The quantitative estimate of drug-likeness (QED) is 0.858. The molecule has 2 aromatic rings. The molecule has 0 saturated heterocycles. The Morgan fingerprint density at radius 2 is 1.95 bits per heavy atom. The molecule has 4 nitrogen and oxygen atoms in total. The number of carbonyl (C=O) groups is 1. The molecule has 0 aliphatic rings. The molecule has 1 unspecified atom stereocenters. The van der Waals surface area contributed by atoms with E-state index < -0.39 is 0 Å². The molecule has 0 saturated carbocycles. The Morgan fingerprint density at radius 3 is 2.57 bits per heavy atom. The Morgan fingerprint density at radius 1 is 1.24 bits per heavy atom. The number of aliphatic hydroxyl groups is 1. The van der Waals surface area contributed by atoms with Crippen LogP contribution in [0.1, 0.15) is 30.0 Å². The molecule has 1 aromatic carbocycles. The van der Waals surface area contributed by atoms with Gasteiger partial charge in [0.15, 0.2) is 5.76 Å². The monoisotopic (exact) mass is 287 g/mol. The molecule has 4 heteroatoms. The van der Waals surface area contributed by atoms with E-state index in [1.807, 2.05) is 19.1 Å². The van der Waals surface area contributed by atoms with Crippen molar-refractivity contribution in [2.24, 2.45) is 5.92 Å². The van der Waals surface area contributed by atoms with Crippen molar-refractivity contribution in [3.05, 3.63) is 47.7 Å². The fourth-order valence-electron chi connectivity index (χ4n) is 1.94. The van der Waals surface area contributed by atoms with Crippen molar-refractivity contribution in [2.45, 2.75) is 20.3 Å². The lowest BCUT2D eigenvalue weighted by atomic mass is 10.1. The Labute approximate surface area is 124 Å². The SMILES string of the molecule is CCc1ccc(-c2ccc(C(=O)NCC(C)CO)o2)cc1. The van der Waals surface area contributed by atoms with Crippen molar-refractivity contribution in [1.29, 1.82) is 0 Å². The Hall–Kier alpha value is -2.07. The van der Waals surface area contributed by atoms with E-state index in [2.05, 4.69) is 24.4 Å². The second-order valence-electron chi connectivity index (χ2n) is 5.21. The first-order chi connectivity index (χ1) is 10.1. The van der Waals surface area contributed by atoms with Gasteiger partial charge in [-0.1, -0.05) is 38.1 Å². The zero-order valence-corrected chi connectivity index (χ0v) is 12.4. The van der Waals surface area contributed by atoms with Crippen molar-refractivity contribution < 1.29 is 14.3 Å². The normalized spacial score (nSPS) is 12.1. The number of aryl methyl sites for hydroxylation is 1. The summed E-state index contributed by atoms with van der Waals surface area (Å²) in [6.45, 7) is 4.45. The van der Waals surface area contributed by atoms with Crippen LogP contribution in [0.4, 0.5) is 0 Å². The van der Waals surface area contributed by atoms with Crippen LogP contribution in [0.2, 0.25) is 0 Å². The van der Waals surface area contributed by atoms with Crippen molar-refractivity contribution in [2.75, 3.05) is 13.2 Å². The van der Waals surface area contributed by atoms with E-state index in [1.165, 1.54) is 5.56 Å². The van der Waals surface area contributed by atoms with Gasteiger partial charge in [0, 0.05) is 18.7 Å². The topological polar surface area (TPSA) is 62.5 Å². The molecule has 21 heavy (non-hydrogen) atoms. The molecule has 1 amide bonds. The van der Waals surface area contributed by atoms with Gasteiger partial charge >= 0.3 is 0 Å². The van der Waals surface area contributed by atoms with E-state index in [-0.39, 0.29) is 24.2 Å². The Bertz CT molecular complexity index is 586. The highest BCUT2D eigenvalue weighted by Crippen LogP contribution is 2.22. The zero-order chi connectivity index (χ0) is 15.2. The molecule has 0 aliphatic heterocycles. The van der Waals surface area contributed by atoms with E-state index in [9.17, 15) is 4.79 Å². The maximum Gasteiger partial charge on any atom is 0.287 e. The zero-order valence-electron chi connectivity index (χ0n) is 12.4. The number of benzene rings is 1. The summed E-state index contributed by atoms with van der Waals surface area (Å²) in [5.41, 5.74) is 2.22. The summed E-state index contributed by atoms with van der Waals surface area (Å²) in [4.78, 5) is 11.9. The van der Waals surface area contributed by atoms with Gasteiger partial charge in [-0.25, -0.2) is 0 Å². The van der Waals surface area contributed by atoms with Crippen LogP contribution in [0.25, 0.3) is 11.3 Å². The summed E-state index contributed by atoms with van der Waals surface area (Å²) in [6, 6.07) is 11.6. The van der Waals surface area contributed by atoms with Gasteiger partial charge < -0.3 is 14.8 Å². The fourth-order valence-corrected chi connectivity index (χ4v) is 1.94. The first kappa shape index (κ1) is 15.3. The van der Waals surface area contributed by atoms with Crippen LogP contribution in [-0.4, -0.2) is 24.2 Å². The lowest BCUT2D eigenvalue weighted by Gasteiger charge is -2.08. The van der Waals surface area contributed by atoms with Gasteiger partial charge in [-0.3, -0.25) is 4.79 Å². The number of nitrogens with one attached hydrogen (secondary N) is 1. The molecular weight excluding hydrogens is 266 g/mol. The molecule has 1 heterocycles. The molecule has 0 spiro atoms. The summed E-state index contributed by atoms with van der Waals surface area (Å²) in [6.07, 6.45) is 0.995. The largest absolute Gasteiger partial charge is 0.451 e. The highest BCUT2D eigenvalue weighted by atomic mass is 16.3. The van der Waals surface area contributed by atoms with Crippen LogP contribution in [0.3, 0.4) is 0 Å². The molecule has 2 N–H and O–H groups in total. The van der Waals surface area contributed by atoms with Gasteiger partial charge in [-0.2, -0.15) is 0 Å². The number of hydrogen-bond donors (Lipinski definition) is 2. The maximum atomic E-state index is 11.9. The maximum absolute atomic E-state index is 11.9. The first-order valence-corrected chi connectivity index (χ1v) is 7.22. The van der Waals surface area contributed by atoms with E-state index in [1.54, 1.807) is 12.1 Å². The third kappa shape index (κ3) is 3.95. The molecule has 1 atom stereocenters. The van der Waals surface area contributed by atoms with Crippen molar-refractivity contribution in [3.63, 3.8) is 0 Å². The van der Waals surface area contributed by atoms with Crippen LogP contribution >= 0.6 is 0 Å². The summed E-state index contributed by atoms with van der Waals surface area (Å²) in [7, 11) is 0. The molecule has 0 aliphatic carbocycles. The van der Waals surface area contributed by atoms with Gasteiger partial charge in [0.25, 0.3) is 5.91 Å². The summed E-state index contributed by atoms with van der Waals surface area (Å²) in [5, 5.41) is 11.7. The Kier molecular flexibility index (Phi) is 5.17. The van der Waals surface area contributed by atoms with Crippen molar-refractivity contribution in [3.8, 4) is 11.3 Å². The molecule has 0 fully saturated rings. The van der Waals surface area contributed by atoms with E-state index in [0.717, 1.165) is 12.0 Å². The van der Waals surface area contributed by atoms with Gasteiger partial charge in [0.05, 0.1) is 0 Å². The number of aliphatic hydroxyl groups excluding tert-OH is 1. The fraction of sp³-hybridized carbons (Fsp3) is 0.353. The molecule has 2 rings (SSSR count).